The summed E-state index contributed by atoms with van der Waals surface area (Å²) in [5.41, 5.74) is 1.75. The van der Waals surface area contributed by atoms with Gasteiger partial charge in [-0.15, -0.1) is 0 Å². The van der Waals surface area contributed by atoms with Gasteiger partial charge < -0.3 is 9.84 Å². The minimum absolute atomic E-state index is 0.0942. The van der Waals surface area contributed by atoms with E-state index in [9.17, 15) is 5.11 Å². The number of phenolic OH excluding ortho intramolecular Hbond substituents is 1. The number of ether oxygens (including phenoxy) is 1. The first-order valence-electron chi connectivity index (χ1n) is 7.60. The van der Waals surface area contributed by atoms with Crippen molar-refractivity contribution in [3.8, 4) is 11.5 Å². The van der Waals surface area contributed by atoms with Gasteiger partial charge in [0.2, 0.25) is 0 Å². The van der Waals surface area contributed by atoms with Crippen LogP contribution in [0.1, 0.15) is 65.5 Å². The van der Waals surface area contributed by atoms with Gasteiger partial charge in [0.15, 0.2) is 0 Å². The molecule has 0 saturated heterocycles. The SMILES string of the molecule is CC(C)(C)c1cc(OCC2CC2)cc(C(C)(C)C)c1O. The third-order valence-corrected chi connectivity index (χ3v) is 3.88. The largest absolute Gasteiger partial charge is 0.507 e. The smallest absolute Gasteiger partial charge is 0.123 e. The second-order valence-electron chi connectivity index (χ2n) is 8.12. The van der Waals surface area contributed by atoms with Gasteiger partial charge in [-0.05, 0) is 41.7 Å². The van der Waals surface area contributed by atoms with E-state index in [0.717, 1.165) is 29.4 Å². The van der Waals surface area contributed by atoms with Gasteiger partial charge in [0.25, 0.3) is 0 Å². The number of phenols is 1. The van der Waals surface area contributed by atoms with Crippen LogP contribution in [-0.4, -0.2) is 11.7 Å². The molecule has 0 amide bonds. The number of benzene rings is 1. The van der Waals surface area contributed by atoms with Crippen molar-refractivity contribution in [1.29, 1.82) is 0 Å². The molecule has 0 bridgehead atoms. The second-order valence-corrected chi connectivity index (χ2v) is 8.12. The predicted octanol–water partition coefficient (Wildman–Crippen LogP) is 4.78. The fourth-order valence-electron chi connectivity index (χ4n) is 2.33. The van der Waals surface area contributed by atoms with Gasteiger partial charge in [-0.1, -0.05) is 41.5 Å². The average molecular weight is 276 g/mol. The summed E-state index contributed by atoms with van der Waals surface area (Å²) in [6, 6.07) is 4.01. The molecule has 2 rings (SSSR count). The Hall–Kier alpha value is -1.18. The van der Waals surface area contributed by atoms with Crippen molar-refractivity contribution in [2.45, 2.75) is 65.2 Å². The third kappa shape index (κ3) is 3.47. The van der Waals surface area contributed by atoms with E-state index in [0.29, 0.717) is 5.75 Å². The van der Waals surface area contributed by atoms with Crippen LogP contribution in [0.5, 0.6) is 11.5 Å². The minimum Gasteiger partial charge on any atom is -0.507 e. The molecule has 0 heterocycles. The van der Waals surface area contributed by atoms with Crippen molar-refractivity contribution >= 4 is 0 Å². The van der Waals surface area contributed by atoms with Crippen molar-refractivity contribution in [2.75, 3.05) is 6.61 Å². The van der Waals surface area contributed by atoms with E-state index in [4.69, 9.17) is 4.74 Å². The predicted molar refractivity (Wildman–Crippen MR) is 83.7 cm³/mol. The highest BCUT2D eigenvalue weighted by Gasteiger charge is 2.28. The highest BCUT2D eigenvalue weighted by atomic mass is 16.5. The first-order valence-corrected chi connectivity index (χ1v) is 7.60. The molecule has 1 fully saturated rings. The first-order chi connectivity index (χ1) is 9.09. The highest BCUT2D eigenvalue weighted by Crippen LogP contribution is 2.42. The van der Waals surface area contributed by atoms with E-state index >= 15 is 0 Å². The zero-order valence-corrected chi connectivity index (χ0v) is 13.7. The summed E-state index contributed by atoms with van der Waals surface area (Å²) in [6.07, 6.45) is 2.58. The average Bonchev–Trinajstić information content (AvgIpc) is 3.08. The molecule has 1 aliphatic carbocycles. The molecular weight excluding hydrogens is 248 g/mol. The van der Waals surface area contributed by atoms with Crippen LogP contribution in [0.3, 0.4) is 0 Å². The van der Waals surface area contributed by atoms with Crippen LogP contribution < -0.4 is 4.74 Å². The monoisotopic (exact) mass is 276 g/mol. The molecule has 0 aromatic heterocycles. The molecule has 1 aromatic rings. The number of aromatic hydroxyl groups is 1. The van der Waals surface area contributed by atoms with E-state index in [-0.39, 0.29) is 10.8 Å². The lowest BCUT2D eigenvalue weighted by Crippen LogP contribution is -2.17. The Morgan fingerprint density at radius 1 is 1.00 bits per heavy atom. The summed E-state index contributed by atoms with van der Waals surface area (Å²) in [6.45, 7) is 13.5. The van der Waals surface area contributed by atoms with E-state index < -0.39 is 0 Å². The summed E-state index contributed by atoms with van der Waals surface area (Å²) >= 11 is 0. The van der Waals surface area contributed by atoms with Gasteiger partial charge in [-0.3, -0.25) is 0 Å². The Morgan fingerprint density at radius 3 is 1.80 bits per heavy atom. The van der Waals surface area contributed by atoms with Crippen LogP contribution in [0.4, 0.5) is 0 Å². The van der Waals surface area contributed by atoms with Crippen molar-refractivity contribution in [3.63, 3.8) is 0 Å². The molecule has 0 spiro atoms. The summed E-state index contributed by atoms with van der Waals surface area (Å²) in [5, 5.41) is 10.6. The molecule has 112 valence electrons. The molecule has 1 N–H and O–H groups in total. The topological polar surface area (TPSA) is 29.5 Å². The molecule has 20 heavy (non-hydrogen) atoms. The molecular formula is C18H28O2. The summed E-state index contributed by atoms with van der Waals surface area (Å²) in [7, 11) is 0. The van der Waals surface area contributed by atoms with Crippen molar-refractivity contribution < 1.29 is 9.84 Å². The van der Waals surface area contributed by atoms with Crippen molar-refractivity contribution in [1.82, 2.24) is 0 Å². The lowest BCUT2D eigenvalue weighted by molar-refractivity contribution is 0.296. The van der Waals surface area contributed by atoms with Gasteiger partial charge in [0.1, 0.15) is 11.5 Å². The molecule has 0 unspecified atom stereocenters. The maximum atomic E-state index is 10.6. The summed E-state index contributed by atoms with van der Waals surface area (Å²) < 4.78 is 5.95. The quantitative estimate of drug-likeness (QED) is 0.861. The van der Waals surface area contributed by atoms with Crippen LogP contribution in [0.15, 0.2) is 12.1 Å². The zero-order chi connectivity index (χ0) is 15.1. The summed E-state index contributed by atoms with van der Waals surface area (Å²) in [4.78, 5) is 0. The van der Waals surface area contributed by atoms with Crippen LogP contribution in [0, 0.1) is 5.92 Å². The Labute approximate surface area is 123 Å². The molecule has 1 aromatic carbocycles. The Kier molecular flexibility index (Phi) is 3.79. The Balaban J connectivity index is 2.41. The third-order valence-electron chi connectivity index (χ3n) is 3.88. The van der Waals surface area contributed by atoms with Gasteiger partial charge in [-0.25, -0.2) is 0 Å². The van der Waals surface area contributed by atoms with Crippen LogP contribution in [0.2, 0.25) is 0 Å². The lowest BCUT2D eigenvalue weighted by atomic mass is 9.79. The van der Waals surface area contributed by atoms with Crippen molar-refractivity contribution in [2.24, 2.45) is 5.92 Å². The molecule has 0 atom stereocenters. The maximum absolute atomic E-state index is 10.6. The fraction of sp³-hybridized carbons (Fsp3) is 0.667. The maximum Gasteiger partial charge on any atom is 0.123 e. The van der Waals surface area contributed by atoms with E-state index in [1.807, 2.05) is 12.1 Å². The minimum atomic E-state index is -0.0942. The number of hydrogen-bond acceptors (Lipinski definition) is 2. The Bertz CT molecular complexity index is 450. The van der Waals surface area contributed by atoms with E-state index in [1.165, 1.54) is 12.8 Å². The van der Waals surface area contributed by atoms with Gasteiger partial charge in [0.05, 0.1) is 6.61 Å². The molecule has 1 saturated carbocycles. The van der Waals surface area contributed by atoms with Gasteiger partial charge in [0, 0.05) is 11.1 Å². The number of hydrogen-bond donors (Lipinski definition) is 1. The molecule has 0 radical (unpaired) electrons. The van der Waals surface area contributed by atoms with Gasteiger partial charge >= 0.3 is 0 Å². The Morgan fingerprint density at radius 2 is 1.45 bits per heavy atom. The standard InChI is InChI=1S/C18H28O2/c1-17(2,3)14-9-13(20-11-12-7-8-12)10-15(16(14)19)18(4,5)6/h9-10,12,19H,7-8,11H2,1-6H3. The molecule has 1 aliphatic rings. The van der Waals surface area contributed by atoms with Crippen molar-refractivity contribution in [3.05, 3.63) is 23.3 Å². The summed E-state index contributed by atoms with van der Waals surface area (Å²) in [5.74, 6) is 2.05. The zero-order valence-electron chi connectivity index (χ0n) is 13.7. The van der Waals surface area contributed by atoms with Gasteiger partial charge in [-0.2, -0.15) is 0 Å². The van der Waals surface area contributed by atoms with E-state index in [2.05, 4.69) is 41.5 Å². The molecule has 0 aliphatic heterocycles. The van der Waals surface area contributed by atoms with E-state index in [1.54, 1.807) is 0 Å². The molecule has 2 heteroatoms. The van der Waals surface area contributed by atoms with Crippen LogP contribution in [-0.2, 0) is 10.8 Å². The van der Waals surface area contributed by atoms with Crippen LogP contribution >= 0.6 is 0 Å². The molecule has 2 nitrogen and oxygen atoms in total. The normalized spacial score (nSPS) is 16.3. The number of rotatable bonds is 3. The lowest BCUT2D eigenvalue weighted by Gasteiger charge is -2.28. The highest BCUT2D eigenvalue weighted by molar-refractivity contribution is 5.51. The first kappa shape index (κ1) is 15.2. The fourth-order valence-corrected chi connectivity index (χ4v) is 2.33. The van der Waals surface area contributed by atoms with Crippen LogP contribution in [0.25, 0.3) is 0 Å². The second kappa shape index (κ2) is 4.98.